The average Bonchev–Trinajstić information content (AvgIpc) is 2.60. The first-order chi connectivity index (χ1) is 5.57. The van der Waals surface area contributed by atoms with E-state index in [4.69, 9.17) is 0 Å². The molecule has 0 heteroatoms. The molecule has 1 saturated carbocycles. The molecule has 0 aliphatic heterocycles. The summed E-state index contributed by atoms with van der Waals surface area (Å²) >= 11 is 0. The third kappa shape index (κ3) is 1.91. The third-order valence-electron chi connectivity index (χ3n) is 3.08. The maximum Gasteiger partial charge on any atom is -0.0171 e. The van der Waals surface area contributed by atoms with Gasteiger partial charge in [0.15, 0.2) is 0 Å². The lowest BCUT2D eigenvalue weighted by Gasteiger charge is -2.04. The van der Waals surface area contributed by atoms with Crippen LogP contribution >= 0.6 is 0 Å². The molecule has 0 bridgehead atoms. The summed E-state index contributed by atoms with van der Waals surface area (Å²) in [6.45, 7) is 13.2. The summed E-state index contributed by atoms with van der Waals surface area (Å²) in [6, 6.07) is 0. The van der Waals surface area contributed by atoms with Crippen LogP contribution in [0.15, 0.2) is 12.7 Å². The quantitative estimate of drug-likeness (QED) is 0.558. The predicted molar refractivity (Wildman–Crippen MR) is 55.0 cm³/mol. The van der Waals surface area contributed by atoms with Crippen LogP contribution < -0.4 is 0 Å². The van der Waals surface area contributed by atoms with Crippen molar-refractivity contribution < 1.29 is 0 Å². The highest BCUT2D eigenvalue weighted by Crippen LogP contribution is 2.54. The summed E-state index contributed by atoms with van der Waals surface area (Å²) in [4.78, 5) is 0. The van der Waals surface area contributed by atoms with Crippen molar-refractivity contribution in [3.8, 4) is 0 Å². The molecule has 0 spiro atoms. The minimum absolute atomic E-state index is 0.826. The summed E-state index contributed by atoms with van der Waals surface area (Å²) in [5.74, 6) is 4.40. The average molecular weight is 166 g/mol. The van der Waals surface area contributed by atoms with E-state index in [9.17, 15) is 0 Å². The molecule has 70 valence electrons. The highest BCUT2D eigenvalue weighted by atomic mass is 14.5. The zero-order valence-electron chi connectivity index (χ0n) is 8.88. The Morgan fingerprint density at radius 2 is 1.83 bits per heavy atom. The zero-order chi connectivity index (χ0) is 9.30. The molecule has 0 aromatic carbocycles. The van der Waals surface area contributed by atoms with Gasteiger partial charge in [0, 0.05) is 0 Å². The Morgan fingerprint density at radius 3 is 2.08 bits per heavy atom. The van der Waals surface area contributed by atoms with Crippen LogP contribution in [0.1, 0.15) is 34.1 Å². The van der Waals surface area contributed by atoms with Crippen molar-refractivity contribution in [1.82, 2.24) is 0 Å². The van der Waals surface area contributed by atoms with E-state index in [1.54, 1.807) is 0 Å². The fourth-order valence-corrected chi connectivity index (χ4v) is 2.56. The minimum atomic E-state index is 0.826. The highest BCUT2D eigenvalue weighted by Gasteiger charge is 2.48. The van der Waals surface area contributed by atoms with Gasteiger partial charge in [-0.1, -0.05) is 33.8 Å². The van der Waals surface area contributed by atoms with Gasteiger partial charge in [0.1, 0.15) is 0 Å². The Balaban J connectivity index is 2.42. The van der Waals surface area contributed by atoms with Crippen LogP contribution in [0.4, 0.5) is 0 Å². The van der Waals surface area contributed by atoms with Crippen LogP contribution in [0.2, 0.25) is 0 Å². The summed E-state index contributed by atoms with van der Waals surface area (Å²) in [5, 5.41) is 0. The molecule has 12 heavy (non-hydrogen) atoms. The summed E-state index contributed by atoms with van der Waals surface area (Å²) in [5.41, 5.74) is 0. The molecule has 0 aromatic rings. The molecule has 0 amide bonds. The standard InChI is InChI=1S/C12H22/c1-6-10-11(7-8(2)3)12(10)9(4)5/h6,8-12H,1,7H2,2-5H3. The highest BCUT2D eigenvalue weighted by molar-refractivity contribution is 5.06. The van der Waals surface area contributed by atoms with Gasteiger partial charge in [-0.3, -0.25) is 0 Å². The predicted octanol–water partition coefficient (Wildman–Crippen LogP) is 3.74. The lowest BCUT2D eigenvalue weighted by atomic mass is 10.0. The molecule has 0 nitrogen and oxygen atoms in total. The monoisotopic (exact) mass is 166 g/mol. The van der Waals surface area contributed by atoms with E-state index in [0.717, 1.165) is 29.6 Å². The van der Waals surface area contributed by atoms with Crippen LogP contribution in [0.5, 0.6) is 0 Å². The van der Waals surface area contributed by atoms with Crippen molar-refractivity contribution in [3.63, 3.8) is 0 Å². The topological polar surface area (TPSA) is 0 Å². The van der Waals surface area contributed by atoms with E-state index in [1.165, 1.54) is 6.42 Å². The van der Waals surface area contributed by atoms with Gasteiger partial charge < -0.3 is 0 Å². The molecule has 3 atom stereocenters. The summed E-state index contributed by atoms with van der Waals surface area (Å²) in [6.07, 6.45) is 3.55. The number of rotatable bonds is 4. The van der Waals surface area contributed by atoms with E-state index in [0.29, 0.717) is 0 Å². The molecule has 3 unspecified atom stereocenters. The van der Waals surface area contributed by atoms with Crippen molar-refractivity contribution >= 4 is 0 Å². The second kappa shape index (κ2) is 3.64. The first-order valence-corrected chi connectivity index (χ1v) is 5.20. The molecule has 0 saturated heterocycles. The molecule has 1 aliphatic carbocycles. The molecular weight excluding hydrogens is 144 g/mol. The minimum Gasteiger partial charge on any atom is -0.103 e. The van der Waals surface area contributed by atoms with Crippen molar-refractivity contribution in [2.24, 2.45) is 29.6 Å². The maximum atomic E-state index is 3.91. The van der Waals surface area contributed by atoms with Gasteiger partial charge >= 0.3 is 0 Å². The lowest BCUT2D eigenvalue weighted by Crippen LogP contribution is -1.95. The summed E-state index contributed by atoms with van der Waals surface area (Å²) in [7, 11) is 0. The fraction of sp³-hybridized carbons (Fsp3) is 0.833. The maximum absolute atomic E-state index is 3.91. The molecule has 1 rings (SSSR count). The number of hydrogen-bond donors (Lipinski definition) is 0. The smallest absolute Gasteiger partial charge is 0.0171 e. The Morgan fingerprint density at radius 1 is 1.25 bits per heavy atom. The van der Waals surface area contributed by atoms with Crippen molar-refractivity contribution in [1.29, 1.82) is 0 Å². The molecule has 1 aliphatic rings. The second-order valence-corrected chi connectivity index (χ2v) is 4.93. The second-order valence-electron chi connectivity index (χ2n) is 4.93. The van der Waals surface area contributed by atoms with Gasteiger partial charge in [-0.15, -0.1) is 6.58 Å². The van der Waals surface area contributed by atoms with Crippen molar-refractivity contribution in [2.75, 3.05) is 0 Å². The Labute approximate surface area is 77.1 Å². The molecule has 1 fully saturated rings. The van der Waals surface area contributed by atoms with Gasteiger partial charge in [0.2, 0.25) is 0 Å². The summed E-state index contributed by atoms with van der Waals surface area (Å²) < 4.78 is 0. The largest absolute Gasteiger partial charge is 0.103 e. The molecular formula is C12H22. The molecule has 0 heterocycles. The lowest BCUT2D eigenvalue weighted by molar-refractivity contribution is 0.457. The first kappa shape index (κ1) is 9.83. The van der Waals surface area contributed by atoms with E-state index in [2.05, 4.69) is 40.3 Å². The Kier molecular flexibility index (Phi) is 2.98. The van der Waals surface area contributed by atoms with Gasteiger partial charge in [0.25, 0.3) is 0 Å². The van der Waals surface area contributed by atoms with E-state index in [-0.39, 0.29) is 0 Å². The van der Waals surface area contributed by atoms with E-state index >= 15 is 0 Å². The van der Waals surface area contributed by atoms with Crippen LogP contribution in [0.25, 0.3) is 0 Å². The third-order valence-corrected chi connectivity index (χ3v) is 3.08. The van der Waals surface area contributed by atoms with Crippen molar-refractivity contribution in [3.05, 3.63) is 12.7 Å². The first-order valence-electron chi connectivity index (χ1n) is 5.20. The van der Waals surface area contributed by atoms with E-state index < -0.39 is 0 Å². The Bertz CT molecular complexity index is 155. The zero-order valence-corrected chi connectivity index (χ0v) is 8.88. The molecule has 0 N–H and O–H groups in total. The Hall–Kier alpha value is -0.260. The van der Waals surface area contributed by atoms with Gasteiger partial charge in [-0.25, -0.2) is 0 Å². The van der Waals surface area contributed by atoms with Crippen LogP contribution in [-0.4, -0.2) is 0 Å². The normalized spacial score (nSPS) is 34.3. The SMILES string of the molecule is C=CC1C(CC(C)C)C1C(C)C. The van der Waals surface area contributed by atoms with Crippen LogP contribution in [0.3, 0.4) is 0 Å². The number of allylic oxidation sites excluding steroid dienone is 1. The number of hydrogen-bond acceptors (Lipinski definition) is 0. The van der Waals surface area contributed by atoms with Gasteiger partial charge in [-0.05, 0) is 36.0 Å². The molecule has 0 aromatic heterocycles. The van der Waals surface area contributed by atoms with E-state index in [1.807, 2.05) is 0 Å². The van der Waals surface area contributed by atoms with Crippen molar-refractivity contribution in [2.45, 2.75) is 34.1 Å². The van der Waals surface area contributed by atoms with Gasteiger partial charge in [0.05, 0.1) is 0 Å². The fourth-order valence-electron chi connectivity index (χ4n) is 2.56. The van der Waals surface area contributed by atoms with Crippen LogP contribution in [0, 0.1) is 29.6 Å². The van der Waals surface area contributed by atoms with Crippen LogP contribution in [-0.2, 0) is 0 Å². The van der Waals surface area contributed by atoms with Gasteiger partial charge in [-0.2, -0.15) is 0 Å². The molecule has 0 radical (unpaired) electrons.